The standard InChI is InChI=1S/C25H34O2/c1-16(26)27-19-8-10-20-17(15-19)7-9-22-21(20)11-13-25(3)23(22)12-14-24(25,2)18-5-4-6-18/h8,10,15,18,21-23H,4-7,9,11-14H2,1-3H3/t21-,22-,23+,24-,25+/m1/s1. The van der Waals surface area contributed by atoms with Crippen molar-refractivity contribution < 1.29 is 9.53 Å². The van der Waals surface area contributed by atoms with Gasteiger partial charge in [0.1, 0.15) is 5.75 Å². The fourth-order valence-corrected chi connectivity index (χ4v) is 7.81. The lowest BCUT2D eigenvalue weighted by atomic mass is 9.47. The summed E-state index contributed by atoms with van der Waals surface area (Å²) in [7, 11) is 0. The Morgan fingerprint density at radius 2 is 1.81 bits per heavy atom. The summed E-state index contributed by atoms with van der Waals surface area (Å²) >= 11 is 0. The van der Waals surface area contributed by atoms with Crippen LogP contribution in [0.1, 0.15) is 89.2 Å². The highest BCUT2D eigenvalue weighted by molar-refractivity contribution is 5.69. The third kappa shape index (κ3) is 2.47. The van der Waals surface area contributed by atoms with Crippen LogP contribution in [0.3, 0.4) is 0 Å². The molecule has 1 aromatic rings. The van der Waals surface area contributed by atoms with E-state index in [-0.39, 0.29) is 5.97 Å². The number of hydrogen-bond acceptors (Lipinski definition) is 2. The summed E-state index contributed by atoms with van der Waals surface area (Å²) in [5.74, 6) is 3.98. The first-order valence-electron chi connectivity index (χ1n) is 11.2. The van der Waals surface area contributed by atoms with Gasteiger partial charge in [0.25, 0.3) is 0 Å². The Kier molecular flexibility index (Phi) is 4.01. The molecular formula is C25H34O2. The van der Waals surface area contributed by atoms with E-state index in [2.05, 4.69) is 26.0 Å². The molecule has 0 aliphatic heterocycles. The molecule has 27 heavy (non-hydrogen) atoms. The van der Waals surface area contributed by atoms with Gasteiger partial charge in [-0.25, -0.2) is 0 Å². The number of rotatable bonds is 2. The van der Waals surface area contributed by atoms with E-state index in [9.17, 15) is 4.79 Å². The van der Waals surface area contributed by atoms with Crippen LogP contribution in [0.5, 0.6) is 5.75 Å². The number of carbonyl (C=O) groups excluding carboxylic acids is 1. The number of esters is 1. The Morgan fingerprint density at radius 1 is 1.04 bits per heavy atom. The Labute approximate surface area is 164 Å². The molecule has 0 bridgehead atoms. The van der Waals surface area contributed by atoms with Crippen molar-refractivity contribution >= 4 is 5.97 Å². The van der Waals surface area contributed by atoms with Crippen molar-refractivity contribution in [2.45, 2.75) is 84.5 Å². The van der Waals surface area contributed by atoms with Crippen LogP contribution in [0.15, 0.2) is 18.2 Å². The Hall–Kier alpha value is -1.31. The molecule has 2 heteroatoms. The molecule has 0 saturated heterocycles. The average Bonchev–Trinajstić information content (AvgIpc) is 2.84. The van der Waals surface area contributed by atoms with E-state index in [1.54, 1.807) is 5.56 Å². The third-order valence-electron chi connectivity index (χ3n) is 9.63. The number of hydrogen-bond donors (Lipinski definition) is 0. The summed E-state index contributed by atoms with van der Waals surface area (Å²) in [6, 6.07) is 6.42. The van der Waals surface area contributed by atoms with Crippen LogP contribution < -0.4 is 4.74 Å². The van der Waals surface area contributed by atoms with E-state index in [4.69, 9.17) is 4.74 Å². The van der Waals surface area contributed by atoms with E-state index in [0.717, 1.165) is 35.8 Å². The Morgan fingerprint density at radius 3 is 2.52 bits per heavy atom. The topological polar surface area (TPSA) is 26.3 Å². The maximum atomic E-state index is 11.3. The van der Waals surface area contributed by atoms with Gasteiger partial charge in [-0.1, -0.05) is 26.3 Å². The molecule has 146 valence electrons. The van der Waals surface area contributed by atoms with Crippen LogP contribution in [0.2, 0.25) is 0 Å². The zero-order valence-corrected chi connectivity index (χ0v) is 17.2. The fraction of sp³-hybridized carbons (Fsp3) is 0.720. The molecule has 5 atom stereocenters. The summed E-state index contributed by atoms with van der Waals surface area (Å²) < 4.78 is 5.34. The third-order valence-corrected chi connectivity index (χ3v) is 9.63. The second kappa shape index (κ2) is 6.09. The van der Waals surface area contributed by atoms with Gasteiger partial charge in [-0.2, -0.15) is 0 Å². The summed E-state index contributed by atoms with van der Waals surface area (Å²) in [6.45, 7) is 6.80. The molecule has 5 rings (SSSR count). The smallest absolute Gasteiger partial charge is 0.308 e. The molecule has 2 nitrogen and oxygen atoms in total. The predicted molar refractivity (Wildman–Crippen MR) is 108 cm³/mol. The molecule has 4 aliphatic rings. The lowest BCUT2D eigenvalue weighted by Gasteiger charge is -2.58. The van der Waals surface area contributed by atoms with Crippen LogP contribution in [-0.2, 0) is 11.2 Å². The first-order chi connectivity index (χ1) is 12.9. The van der Waals surface area contributed by atoms with Gasteiger partial charge in [-0.15, -0.1) is 0 Å². The average molecular weight is 367 g/mol. The zero-order chi connectivity index (χ0) is 18.8. The van der Waals surface area contributed by atoms with Crippen LogP contribution in [0, 0.1) is 28.6 Å². The highest BCUT2D eigenvalue weighted by atomic mass is 16.5. The number of fused-ring (bicyclic) bond motifs is 5. The molecule has 1 aromatic carbocycles. The number of carbonyl (C=O) groups is 1. The fourth-order valence-electron chi connectivity index (χ4n) is 7.81. The molecule has 3 saturated carbocycles. The minimum atomic E-state index is -0.224. The molecule has 0 radical (unpaired) electrons. The van der Waals surface area contributed by atoms with Crippen LogP contribution in [0.25, 0.3) is 0 Å². The number of benzene rings is 1. The lowest BCUT2D eigenvalue weighted by molar-refractivity contribution is -0.131. The van der Waals surface area contributed by atoms with Crippen molar-refractivity contribution in [1.82, 2.24) is 0 Å². The predicted octanol–water partition coefficient (Wildman–Crippen LogP) is 6.27. The van der Waals surface area contributed by atoms with Crippen molar-refractivity contribution in [3.05, 3.63) is 29.3 Å². The first-order valence-corrected chi connectivity index (χ1v) is 11.2. The number of ether oxygens (including phenoxy) is 1. The molecule has 0 unspecified atom stereocenters. The molecule has 0 N–H and O–H groups in total. The van der Waals surface area contributed by atoms with Crippen molar-refractivity contribution in [2.75, 3.05) is 0 Å². The first kappa shape index (κ1) is 17.8. The van der Waals surface area contributed by atoms with Crippen LogP contribution >= 0.6 is 0 Å². The summed E-state index contributed by atoms with van der Waals surface area (Å²) in [4.78, 5) is 11.3. The minimum Gasteiger partial charge on any atom is -0.427 e. The van der Waals surface area contributed by atoms with E-state index in [1.165, 1.54) is 63.9 Å². The molecule has 0 heterocycles. The second-order valence-corrected chi connectivity index (χ2v) is 10.4. The lowest BCUT2D eigenvalue weighted by Crippen LogP contribution is -2.50. The van der Waals surface area contributed by atoms with E-state index in [1.807, 2.05) is 6.07 Å². The zero-order valence-electron chi connectivity index (χ0n) is 17.2. The van der Waals surface area contributed by atoms with E-state index in [0.29, 0.717) is 10.8 Å². The van der Waals surface area contributed by atoms with Gasteiger partial charge >= 0.3 is 5.97 Å². The Balaban J connectivity index is 1.43. The van der Waals surface area contributed by atoms with E-state index >= 15 is 0 Å². The largest absolute Gasteiger partial charge is 0.427 e. The summed E-state index contributed by atoms with van der Waals surface area (Å²) in [5.41, 5.74) is 4.12. The normalized spacial score (nSPS) is 40.5. The number of aryl methyl sites for hydroxylation is 1. The van der Waals surface area contributed by atoms with Gasteiger partial charge in [0.05, 0.1) is 0 Å². The van der Waals surface area contributed by atoms with Crippen LogP contribution in [0.4, 0.5) is 0 Å². The second-order valence-electron chi connectivity index (χ2n) is 10.4. The van der Waals surface area contributed by atoms with Crippen molar-refractivity contribution in [2.24, 2.45) is 28.6 Å². The van der Waals surface area contributed by atoms with Crippen molar-refractivity contribution in [3.63, 3.8) is 0 Å². The monoisotopic (exact) mass is 366 g/mol. The summed E-state index contributed by atoms with van der Waals surface area (Å²) in [5, 5.41) is 0. The van der Waals surface area contributed by atoms with Gasteiger partial charge in [0.2, 0.25) is 0 Å². The van der Waals surface area contributed by atoms with Gasteiger partial charge in [-0.3, -0.25) is 4.79 Å². The molecule has 4 aliphatic carbocycles. The molecule has 0 spiro atoms. The SMILES string of the molecule is CC(=O)Oc1ccc2c(c1)CC[C@@H]1[C@@H]2CC[C@@]2(C)[C@H]1CC[C@]2(C)C1CCC1. The van der Waals surface area contributed by atoms with Crippen LogP contribution in [-0.4, -0.2) is 5.97 Å². The van der Waals surface area contributed by atoms with Gasteiger partial charge < -0.3 is 4.74 Å². The van der Waals surface area contributed by atoms with Crippen molar-refractivity contribution in [1.29, 1.82) is 0 Å². The maximum absolute atomic E-state index is 11.3. The van der Waals surface area contributed by atoms with E-state index < -0.39 is 0 Å². The minimum absolute atomic E-state index is 0.224. The highest BCUT2D eigenvalue weighted by Gasteiger charge is 2.62. The molecule has 3 fully saturated rings. The van der Waals surface area contributed by atoms with Gasteiger partial charge in [0, 0.05) is 6.92 Å². The van der Waals surface area contributed by atoms with Gasteiger partial charge in [0.15, 0.2) is 0 Å². The van der Waals surface area contributed by atoms with Crippen molar-refractivity contribution in [3.8, 4) is 5.75 Å². The highest BCUT2D eigenvalue weighted by Crippen LogP contribution is 2.71. The quantitative estimate of drug-likeness (QED) is 0.455. The molecule has 0 amide bonds. The van der Waals surface area contributed by atoms with Gasteiger partial charge in [-0.05, 0) is 109 Å². The molecule has 0 aromatic heterocycles. The molecular weight excluding hydrogens is 332 g/mol. The Bertz CT molecular complexity index is 764. The summed E-state index contributed by atoms with van der Waals surface area (Å²) in [6.07, 6.45) is 12.6. The maximum Gasteiger partial charge on any atom is 0.308 e.